The number of nitrogens with zero attached hydrogens (tertiary/aromatic N) is 1. The van der Waals surface area contributed by atoms with Gasteiger partial charge in [-0.05, 0) is 44.6 Å². The maximum atomic E-state index is 12.7. The molecule has 2 heterocycles. The molecule has 140 valence electrons. The van der Waals surface area contributed by atoms with Gasteiger partial charge in [-0.25, -0.2) is 0 Å². The molecule has 1 aromatic rings. The summed E-state index contributed by atoms with van der Waals surface area (Å²) in [6.45, 7) is 1.28. The minimum Gasteiger partial charge on any atom is -0.472 e. The number of carbonyl (C=O) groups is 3. The normalized spacial score (nSPS) is 29.5. The van der Waals surface area contributed by atoms with E-state index in [0.717, 1.165) is 44.9 Å². The van der Waals surface area contributed by atoms with E-state index in [1.54, 1.807) is 6.07 Å². The van der Waals surface area contributed by atoms with Gasteiger partial charge in [0.1, 0.15) is 12.0 Å². The predicted molar refractivity (Wildman–Crippen MR) is 94.3 cm³/mol. The summed E-state index contributed by atoms with van der Waals surface area (Å²) >= 11 is 0. The van der Waals surface area contributed by atoms with Crippen LogP contribution < -0.4 is 5.32 Å². The Labute approximate surface area is 153 Å². The highest BCUT2D eigenvalue weighted by Gasteiger charge is 2.41. The lowest BCUT2D eigenvalue weighted by Crippen LogP contribution is -2.49. The van der Waals surface area contributed by atoms with Crippen molar-refractivity contribution in [1.29, 1.82) is 0 Å². The molecule has 2 amide bonds. The van der Waals surface area contributed by atoms with Crippen LogP contribution in [0.4, 0.5) is 0 Å². The van der Waals surface area contributed by atoms with Gasteiger partial charge in [0.25, 0.3) is 5.91 Å². The van der Waals surface area contributed by atoms with Crippen LogP contribution >= 0.6 is 0 Å². The average Bonchev–Trinajstić information content (AvgIpc) is 3.16. The number of likely N-dealkylation sites (tertiary alicyclic amines) is 1. The molecule has 1 aliphatic heterocycles. The minimum absolute atomic E-state index is 0.0119. The topological polar surface area (TPSA) is 79.6 Å². The molecule has 0 aromatic carbocycles. The molecule has 1 saturated heterocycles. The van der Waals surface area contributed by atoms with E-state index in [-0.39, 0.29) is 35.6 Å². The number of Topliss-reactive ketones (excluding diaryl/α,β-unsaturated/α-hetero) is 1. The highest BCUT2D eigenvalue weighted by molar-refractivity contribution is 5.94. The molecule has 6 heteroatoms. The summed E-state index contributed by atoms with van der Waals surface area (Å²) in [6, 6.07) is 1.80. The summed E-state index contributed by atoms with van der Waals surface area (Å²) < 4.78 is 4.98. The van der Waals surface area contributed by atoms with Gasteiger partial charge in [0.15, 0.2) is 0 Å². The van der Waals surface area contributed by atoms with Crippen LogP contribution in [0, 0.1) is 17.8 Å². The molecule has 1 aromatic heterocycles. The fourth-order valence-corrected chi connectivity index (χ4v) is 4.81. The van der Waals surface area contributed by atoms with Crippen LogP contribution in [0.5, 0.6) is 0 Å². The fraction of sp³-hybridized carbons (Fsp3) is 0.650. The molecule has 2 aliphatic carbocycles. The first-order valence-electron chi connectivity index (χ1n) is 9.77. The zero-order valence-corrected chi connectivity index (χ0v) is 15.0. The summed E-state index contributed by atoms with van der Waals surface area (Å²) in [5.74, 6) is 0.677. The van der Waals surface area contributed by atoms with Crippen molar-refractivity contribution >= 4 is 17.6 Å². The zero-order valence-electron chi connectivity index (χ0n) is 15.0. The first-order chi connectivity index (χ1) is 12.6. The van der Waals surface area contributed by atoms with Gasteiger partial charge in [-0.15, -0.1) is 0 Å². The van der Waals surface area contributed by atoms with Gasteiger partial charge in [0, 0.05) is 36.9 Å². The lowest BCUT2D eigenvalue weighted by molar-refractivity contribution is -0.138. The van der Waals surface area contributed by atoms with Crippen LogP contribution in [0.15, 0.2) is 23.0 Å². The van der Waals surface area contributed by atoms with Gasteiger partial charge >= 0.3 is 0 Å². The third kappa shape index (κ3) is 3.41. The number of amides is 2. The summed E-state index contributed by atoms with van der Waals surface area (Å²) in [6.07, 6.45) is 8.99. The molecule has 26 heavy (non-hydrogen) atoms. The van der Waals surface area contributed by atoms with E-state index in [1.165, 1.54) is 12.5 Å². The summed E-state index contributed by atoms with van der Waals surface area (Å²) in [5.41, 5.74) is 0.575. The number of hydrogen-bond acceptors (Lipinski definition) is 4. The molecule has 0 radical (unpaired) electrons. The largest absolute Gasteiger partial charge is 0.472 e. The van der Waals surface area contributed by atoms with Crippen molar-refractivity contribution in [3.8, 4) is 0 Å². The van der Waals surface area contributed by atoms with Crippen molar-refractivity contribution in [2.75, 3.05) is 13.1 Å². The monoisotopic (exact) mass is 358 g/mol. The Balaban J connectivity index is 1.27. The van der Waals surface area contributed by atoms with Gasteiger partial charge in [0.05, 0.1) is 11.8 Å². The molecule has 2 unspecified atom stereocenters. The van der Waals surface area contributed by atoms with E-state index < -0.39 is 0 Å². The molecule has 3 fully saturated rings. The van der Waals surface area contributed by atoms with Crippen molar-refractivity contribution in [3.05, 3.63) is 24.2 Å². The molecule has 2 atom stereocenters. The van der Waals surface area contributed by atoms with E-state index in [4.69, 9.17) is 4.42 Å². The number of nitrogens with one attached hydrogen (secondary N) is 1. The van der Waals surface area contributed by atoms with Crippen LogP contribution in [0.1, 0.15) is 55.3 Å². The third-order valence-corrected chi connectivity index (χ3v) is 6.32. The molecule has 2 saturated carbocycles. The van der Waals surface area contributed by atoms with Crippen LogP contribution in [0.3, 0.4) is 0 Å². The van der Waals surface area contributed by atoms with Crippen molar-refractivity contribution in [2.24, 2.45) is 17.8 Å². The smallest absolute Gasteiger partial charge is 0.257 e. The highest BCUT2D eigenvalue weighted by Crippen LogP contribution is 2.40. The van der Waals surface area contributed by atoms with Crippen molar-refractivity contribution in [3.63, 3.8) is 0 Å². The molecule has 3 aliphatic rings. The highest BCUT2D eigenvalue weighted by atomic mass is 16.3. The summed E-state index contributed by atoms with van der Waals surface area (Å²) in [5, 5.41) is 3.18. The van der Waals surface area contributed by atoms with Crippen molar-refractivity contribution in [1.82, 2.24) is 10.2 Å². The number of hydrogen-bond donors (Lipinski definition) is 1. The molecule has 2 bridgehead atoms. The van der Waals surface area contributed by atoms with E-state index in [2.05, 4.69) is 5.32 Å². The van der Waals surface area contributed by atoms with Crippen LogP contribution in [0.2, 0.25) is 0 Å². The molecule has 6 nitrogen and oxygen atoms in total. The Bertz CT molecular complexity index is 660. The summed E-state index contributed by atoms with van der Waals surface area (Å²) in [4.78, 5) is 39.0. The van der Waals surface area contributed by atoms with Gasteiger partial charge in [-0.1, -0.05) is 6.42 Å². The number of furan rings is 1. The standard InChI is InChI=1S/C20H26N2O4/c23-18-13-2-1-3-14(18)11-16(10-13)19(24)21-17-4-7-22(8-5-17)20(25)15-6-9-26-12-15/h6,9,12-14,16-17H,1-5,7-8,10-11H2,(H,21,24). The second kappa shape index (κ2) is 7.25. The first-order valence-corrected chi connectivity index (χ1v) is 9.77. The van der Waals surface area contributed by atoms with E-state index in [1.807, 2.05) is 4.90 Å². The second-order valence-corrected chi connectivity index (χ2v) is 7.98. The minimum atomic E-state index is -0.0198. The SMILES string of the molecule is O=C(NC1CCN(C(=O)c2ccoc2)CC1)C1CC2CCCC(C1)C2=O. The molecule has 0 spiro atoms. The Hall–Kier alpha value is -2.11. The molecule has 4 rings (SSSR count). The van der Waals surface area contributed by atoms with Crippen LogP contribution in [0.25, 0.3) is 0 Å². The van der Waals surface area contributed by atoms with Crippen LogP contribution in [-0.2, 0) is 9.59 Å². The van der Waals surface area contributed by atoms with Gasteiger partial charge in [0.2, 0.25) is 5.91 Å². The number of ketones is 1. The number of fused-ring (bicyclic) bond motifs is 2. The van der Waals surface area contributed by atoms with Crippen LogP contribution in [-0.4, -0.2) is 41.6 Å². The van der Waals surface area contributed by atoms with Gasteiger partial charge < -0.3 is 14.6 Å². The predicted octanol–water partition coefficient (Wildman–Crippen LogP) is 2.40. The Morgan fingerprint density at radius 1 is 1.08 bits per heavy atom. The Morgan fingerprint density at radius 3 is 2.38 bits per heavy atom. The first kappa shape index (κ1) is 17.3. The Kier molecular flexibility index (Phi) is 4.83. The maximum absolute atomic E-state index is 12.7. The lowest BCUT2D eigenvalue weighted by Gasteiger charge is -2.38. The second-order valence-electron chi connectivity index (χ2n) is 7.98. The van der Waals surface area contributed by atoms with E-state index in [9.17, 15) is 14.4 Å². The average molecular weight is 358 g/mol. The number of carbonyl (C=O) groups excluding carboxylic acids is 3. The Morgan fingerprint density at radius 2 is 1.77 bits per heavy atom. The quantitative estimate of drug-likeness (QED) is 0.900. The number of piperidine rings is 1. The van der Waals surface area contributed by atoms with Crippen molar-refractivity contribution < 1.29 is 18.8 Å². The zero-order chi connectivity index (χ0) is 18.1. The molecule has 1 N–H and O–H groups in total. The third-order valence-electron chi connectivity index (χ3n) is 6.32. The summed E-state index contributed by atoms with van der Waals surface area (Å²) in [7, 11) is 0. The van der Waals surface area contributed by atoms with Gasteiger partial charge in [-0.2, -0.15) is 0 Å². The lowest BCUT2D eigenvalue weighted by atomic mass is 9.67. The van der Waals surface area contributed by atoms with E-state index in [0.29, 0.717) is 24.4 Å². The van der Waals surface area contributed by atoms with E-state index >= 15 is 0 Å². The molecular weight excluding hydrogens is 332 g/mol. The maximum Gasteiger partial charge on any atom is 0.257 e. The fourth-order valence-electron chi connectivity index (χ4n) is 4.81. The number of rotatable bonds is 3. The van der Waals surface area contributed by atoms with Crippen molar-refractivity contribution in [2.45, 2.75) is 51.0 Å². The molecular formula is C20H26N2O4. The van der Waals surface area contributed by atoms with Gasteiger partial charge in [-0.3, -0.25) is 14.4 Å².